The highest BCUT2D eigenvalue weighted by Gasteiger charge is 2.53. The van der Waals surface area contributed by atoms with Crippen LogP contribution in [0, 0.1) is 5.92 Å². The van der Waals surface area contributed by atoms with E-state index in [0.29, 0.717) is 25.6 Å². The average Bonchev–Trinajstić information content (AvgIpc) is 2.75. The van der Waals surface area contributed by atoms with Gasteiger partial charge in [0, 0.05) is 26.9 Å². The summed E-state index contributed by atoms with van der Waals surface area (Å²) < 4.78 is 16.2. The van der Waals surface area contributed by atoms with Gasteiger partial charge >= 0.3 is 0 Å². The monoisotopic (exact) mass is 257 g/mol. The van der Waals surface area contributed by atoms with Crippen molar-refractivity contribution < 1.29 is 19.0 Å². The molecule has 18 heavy (non-hydrogen) atoms. The number of nitrogens with zero attached hydrogens (tertiary/aromatic N) is 1. The van der Waals surface area contributed by atoms with E-state index in [-0.39, 0.29) is 18.1 Å². The summed E-state index contributed by atoms with van der Waals surface area (Å²) in [4.78, 5) is 13.6. The second-order valence-corrected chi connectivity index (χ2v) is 5.07. The summed E-state index contributed by atoms with van der Waals surface area (Å²) in [6, 6.07) is 0. The van der Waals surface area contributed by atoms with Crippen LogP contribution in [0.5, 0.6) is 0 Å². The van der Waals surface area contributed by atoms with Gasteiger partial charge < -0.3 is 19.1 Å². The zero-order valence-corrected chi connectivity index (χ0v) is 11.3. The first-order chi connectivity index (χ1) is 8.72. The van der Waals surface area contributed by atoms with Crippen molar-refractivity contribution in [3.63, 3.8) is 0 Å². The third-order valence-electron chi connectivity index (χ3n) is 3.97. The van der Waals surface area contributed by atoms with Gasteiger partial charge in [-0.25, -0.2) is 0 Å². The Balaban J connectivity index is 1.80. The number of rotatable bonds is 6. The Bertz CT molecular complexity index is 289. The molecule has 1 atom stereocenters. The van der Waals surface area contributed by atoms with Crippen LogP contribution in [0.15, 0.2) is 0 Å². The van der Waals surface area contributed by atoms with Crippen LogP contribution in [0.1, 0.15) is 19.8 Å². The molecule has 0 saturated carbocycles. The highest BCUT2D eigenvalue weighted by molar-refractivity contribution is 5.78. The minimum absolute atomic E-state index is 0.0727. The molecule has 5 nitrogen and oxygen atoms in total. The van der Waals surface area contributed by atoms with E-state index in [0.717, 1.165) is 26.1 Å². The Hall–Kier alpha value is -0.650. The van der Waals surface area contributed by atoms with Gasteiger partial charge in [0.25, 0.3) is 0 Å². The topological polar surface area (TPSA) is 48.0 Å². The maximum absolute atomic E-state index is 11.8. The molecule has 0 bridgehead atoms. The standard InChI is InChI=1S/C13H23NO4/c1-3-17-8-12(15)14-9-13(10-14)11(4-6-16-2)5-7-18-13/h11H,3-10H2,1-2H3/t11-/m0/s1. The first kappa shape index (κ1) is 13.8. The van der Waals surface area contributed by atoms with Crippen molar-refractivity contribution in [3.05, 3.63) is 0 Å². The molecule has 2 aliphatic heterocycles. The van der Waals surface area contributed by atoms with E-state index in [9.17, 15) is 4.79 Å². The predicted octanol–water partition coefficient (Wildman–Crippen LogP) is 0.677. The molecular weight excluding hydrogens is 234 g/mol. The summed E-state index contributed by atoms with van der Waals surface area (Å²) in [5.41, 5.74) is -0.0968. The summed E-state index contributed by atoms with van der Waals surface area (Å²) in [5.74, 6) is 0.595. The van der Waals surface area contributed by atoms with Crippen LogP contribution < -0.4 is 0 Å². The van der Waals surface area contributed by atoms with Gasteiger partial charge in [-0.15, -0.1) is 0 Å². The first-order valence-corrected chi connectivity index (χ1v) is 6.70. The molecule has 0 radical (unpaired) electrons. The van der Waals surface area contributed by atoms with Gasteiger partial charge in [0.15, 0.2) is 0 Å². The van der Waals surface area contributed by atoms with Crippen molar-refractivity contribution in [2.45, 2.75) is 25.4 Å². The molecule has 5 heteroatoms. The molecule has 2 aliphatic rings. The zero-order chi connectivity index (χ0) is 13.0. The molecule has 0 aromatic heterocycles. The number of methoxy groups -OCH3 is 1. The molecule has 2 heterocycles. The molecule has 0 aromatic carbocycles. The van der Waals surface area contributed by atoms with Crippen LogP contribution in [-0.2, 0) is 19.0 Å². The lowest BCUT2D eigenvalue weighted by Gasteiger charge is -2.50. The third-order valence-corrected chi connectivity index (χ3v) is 3.97. The molecule has 0 N–H and O–H groups in total. The molecule has 0 aliphatic carbocycles. The van der Waals surface area contributed by atoms with Crippen molar-refractivity contribution in [1.82, 2.24) is 4.90 Å². The van der Waals surface area contributed by atoms with Gasteiger partial charge in [-0.1, -0.05) is 0 Å². The Labute approximate surface area is 108 Å². The highest BCUT2D eigenvalue weighted by Crippen LogP contribution is 2.41. The maximum atomic E-state index is 11.8. The smallest absolute Gasteiger partial charge is 0.248 e. The highest BCUT2D eigenvalue weighted by atomic mass is 16.5. The minimum Gasteiger partial charge on any atom is -0.385 e. The van der Waals surface area contributed by atoms with E-state index >= 15 is 0 Å². The second kappa shape index (κ2) is 5.99. The average molecular weight is 257 g/mol. The summed E-state index contributed by atoms with van der Waals surface area (Å²) >= 11 is 0. The van der Waals surface area contributed by atoms with E-state index < -0.39 is 0 Å². The van der Waals surface area contributed by atoms with Crippen LogP contribution in [0.2, 0.25) is 0 Å². The van der Waals surface area contributed by atoms with Gasteiger partial charge in [-0.2, -0.15) is 0 Å². The maximum Gasteiger partial charge on any atom is 0.248 e. The lowest BCUT2D eigenvalue weighted by atomic mass is 9.79. The SMILES string of the molecule is CCOCC(=O)N1CC2(C1)OCC[C@@H]2CCOC. The Morgan fingerprint density at radius 2 is 2.28 bits per heavy atom. The van der Waals surface area contributed by atoms with E-state index in [2.05, 4.69) is 0 Å². The van der Waals surface area contributed by atoms with Gasteiger partial charge in [0.2, 0.25) is 5.91 Å². The number of hydrogen-bond acceptors (Lipinski definition) is 4. The Morgan fingerprint density at radius 1 is 1.50 bits per heavy atom. The van der Waals surface area contributed by atoms with Gasteiger partial charge in [-0.05, 0) is 25.7 Å². The minimum atomic E-state index is -0.0968. The lowest BCUT2D eigenvalue weighted by Crippen LogP contribution is -2.66. The van der Waals surface area contributed by atoms with Crippen LogP contribution >= 0.6 is 0 Å². The first-order valence-electron chi connectivity index (χ1n) is 6.70. The third kappa shape index (κ3) is 2.68. The van der Waals surface area contributed by atoms with Gasteiger partial charge in [0.1, 0.15) is 12.2 Å². The largest absolute Gasteiger partial charge is 0.385 e. The summed E-state index contributed by atoms with van der Waals surface area (Å²) in [7, 11) is 1.72. The molecule has 2 fully saturated rings. The predicted molar refractivity (Wildman–Crippen MR) is 66.4 cm³/mol. The fraction of sp³-hybridized carbons (Fsp3) is 0.923. The fourth-order valence-corrected chi connectivity index (χ4v) is 2.86. The zero-order valence-electron chi connectivity index (χ0n) is 11.3. The summed E-state index contributed by atoms with van der Waals surface area (Å²) in [6.07, 6.45) is 2.10. The normalized spacial score (nSPS) is 25.4. The Kier molecular flexibility index (Phi) is 4.59. The molecule has 0 aromatic rings. The molecule has 104 valence electrons. The van der Waals surface area contributed by atoms with E-state index in [4.69, 9.17) is 14.2 Å². The molecule has 0 unspecified atom stereocenters. The van der Waals surface area contributed by atoms with Crippen molar-refractivity contribution in [2.24, 2.45) is 5.92 Å². The lowest BCUT2D eigenvalue weighted by molar-refractivity contribution is -0.169. The number of ether oxygens (including phenoxy) is 3. The number of likely N-dealkylation sites (tertiary alicyclic amines) is 1. The van der Waals surface area contributed by atoms with Crippen molar-refractivity contribution in [2.75, 3.05) is 46.6 Å². The van der Waals surface area contributed by atoms with E-state index in [1.165, 1.54) is 0 Å². The molecule has 1 spiro atoms. The van der Waals surface area contributed by atoms with E-state index in [1.807, 2.05) is 11.8 Å². The van der Waals surface area contributed by atoms with Crippen LogP contribution in [0.3, 0.4) is 0 Å². The summed E-state index contributed by atoms with van der Waals surface area (Å²) in [5, 5.41) is 0. The van der Waals surface area contributed by atoms with Gasteiger partial charge in [-0.3, -0.25) is 4.79 Å². The number of carbonyl (C=O) groups excluding carboxylic acids is 1. The van der Waals surface area contributed by atoms with Crippen molar-refractivity contribution in [1.29, 1.82) is 0 Å². The van der Waals surface area contributed by atoms with Crippen LogP contribution in [0.4, 0.5) is 0 Å². The van der Waals surface area contributed by atoms with Crippen molar-refractivity contribution >= 4 is 5.91 Å². The molecule has 2 saturated heterocycles. The fourth-order valence-electron chi connectivity index (χ4n) is 2.86. The quantitative estimate of drug-likeness (QED) is 0.702. The number of amides is 1. The van der Waals surface area contributed by atoms with Crippen LogP contribution in [0.25, 0.3) is 0 Å². The second-order valence-electron chi connectivity index (χ2n) is 5.07. The number of carbonyl (C=O) groups is 1. The molecule has 1 amide bonds. The van der Waals surface area contributed by atoms with Crippen LogP contribution in [-0.4, -0.2) is 63.0 Å². The summed E-state index contributed by atoms with van der Waals surface area (Å²) in [6.45, 7) is 5.67. The van der Waals surface area contributed by atoms with Crippen molar-refractivity contribution in [3.8, 4) is 0 Å². The van der Waals surface area contributed by atoms with E-state index in [1.54, 1.807) is 7.11 Å². The molecular formula is C13H23NO4. The van der Waals surface area contributed by atoms with Gasteiger partial charge in [0.05, 0.1) is 13.1 Å². The number of hydrogen-bond donors (Lipinski definition) is 0. The Morgan fingerprint density at radius 3 is 2.94 bits per heavy atom. The molecule has 2 rings (SSSR count).